The molecule has 0 amide bonds. The van der Waals surface area contributed by atoms with Gasteiger partial charge in [0, 0.05) is 32.3 Å². The summed E-state index contributed by atoms with van der Waals surface area (Å²) in [6.07, 6.45) is 4.19. The largest absolute Gasteiger partial charge is 0.377 e. The van der Waals surface area contributed by atoms with Crippen LogP contribution in [0, 0.1) is 0 Å². The number of nitrogens with zero attached hydrogens (tertiary/aromatic N) is 1. The molecule has 0 radical (unpaired) electrons. The van der Waals surface area contributed by atoms with Gasteiger partial charge >= 0.3 is 0 Å². The number of hydrogen-bond donors (Lipinski definition) is 1. The van der Waals surface area contributed by atoms with E-state index in [1.54, 1.807) is 0 Å². The summed E-state index contributed by atoms with van der Waals surface area (Å²) < 4.78 is 5.87. The molecule has 2 aliphatic heterocycles. The molecule has 0 bridgehead atoms. The highest BCUT2D eigenvalue weighted by atomic mass is 16.5. The van der Waals surface area contributed by atoms with Crippen LogP contribution >= 0.6 is 0 Å². The van der Waals surface area contributed by atoms with Gasteiger partial charge < -0.3 is 10.1 Å². The highest BCUT2D eigenvalue weighted by Crippen LogP contribution is 2.27. The van der Waals surface area contributed by atoms with Gasteiger partial charge in [0.05, 0.1) is 6.10 Å². The van der Waals surface area contributed by atoms with Crippen LogP contribution in [0.5, 0.6) is 0 Å². The summed E-state index contributed by atoms with van der Waals surface area (Å²) in [7, 11) is 2.23. The fraction of sp³-hybridized carbons (Fsp3) is 0.625. The highest BCUT2D eigenvalue weighted by Gasteiger charge is 2.25. The molecule has 1 aromatic rings. The molecule has 0 aromatic heterocycles. The molecule has 1 aromatic carbocycles. The predicted molar refractivity (Wildman–Crippen MR) is 77.1 cm³/mol. The Morgan fingerprint density at radius 1 is 1.32 bits per heavy atom. The minimum absolute atomic E-state index is 0.424. The summed E-state index contributed by atoms with van der Waals surface area (Å²) in [6, 6.07) is 9.28. The SMILES string of the molecule is CN(CC1CCCCO1)C1CNCc2ccccc21. The second kappa shape index (κ2) is 6.04. The van der Waals surface area contributed by atoms with Crippen molar-refractivity contribution in [2.75, 3.05) is 26.7 Å². The van der Waals surface area contributed by atoms with Crippen LogP contribution in [-0.4, -0.2) is 37.7 Å². The van der Waals surface area contributed by atoms with Crippen LogP contribution in [0.2, 0.25) is 0 Å². The zero-order chi connectivity index (χ0) is 13.1. The Labute approximate surface area is 115 Å². The number of fused-ring (bicyclic) bond motifs is 1. The summed E-state index contributed by atoms with van der Waals surface area (Å²) in [6.45, 7) is 4.03. The van der Waals surface area contributed by atoms with Crippen molar-refractivity contribution in [2.45, 2.75) is 38.0 Å². The minimum Gasteiger partial charge on any atom is -0.377 e. The van der Waals surface area contributed by atoms with E-state index in [2.05, 4.69) is 41.5 Å². The average Bonchev–Trinajstić information content (AvgIpc) is 2.47. The van der Waals surface area contributed by atoms with Crippen molar-refractivity contribution in [3.63, 3.8) is 0 Å². The van der Waals surface area contributed by atoms with Gasteiger partial charge in [-0.25, -0.2) is 0 Å². The molecular formula is C16H24N2O. The number of likely N-dealkylation sites (N-methyl/N-ethyl adjacent to an activating group) is 1. The standard InChI is InChI=1S/C16H24N2O/c1-18(12-14-7-4-5-9-19-14)16-11-17-10-13-6-2-3-8-15(13)16/h2-3,6,8,14,16-17H,4-5,7,9-12H2,1H3. The molecule has 0 aliphatic carbocycles. The first-order valence-electron chi connectivity index (χ1n) is 7.45. The lowest BCUT2D eigenvalue weighted by atomic mass is 9.95. The van der Waals surface area contributed by atoms with E-state index in [1.807, 2.05) is 0 Å². The normalized spacial score (nSPS) is 27.3. The van der Waals surface area contributed by atoms with Crippen molar-refractivity contribution in [2.24, 2.45) is 0 Å². The maximum atomic E-state index is 5.87. The summed E-state index contributed by atoms with van der Waals surface area (Å²) in [5, 5.41) is 3.53. The molecule has 2 atom stereocenters. The first-order chi connectivity index (χ1) is 9.34. The van der Waals surface area contributed by atoms with E-state index < -0.39 is 0 Å². The predicted octanol–water partition coefficient (Wildman–Crippen LogP) is 2.33. The number of ether oxygens (including phenoxy) is 1. The van der Waals surface area contributed by atoms with E-state index in [4.69, 9.17) is 4.74 Å². The van der Waals surface area contributed by atoms with Crippen LogP contribution in [0.4, 0.5) is 0 Å². The fourth-order valence-corrected chi connectivity index (χ4v) is 3.27. The Hall–Kier alpha value is -0.900. The molecule has 19 heavy (non-hydrogen) atoms. The van der Waals surface area contributed by atoms with Crippen molar-refractivity contribution < 1.29 is 4.74 Å². The van der Waals surface area contributed by atoms with E-state index in [1.165, 1.54) is 30.4 Å². The van der Waals surface area contributed by atoms with Gasteiger partial charge in [0.1, 0.15) is 0 Å². The Balaban J connectivity index is 1.68. The molecule has 1 N–H and O–H groups in total. The van der Waals surface area contributed by atoms with Crippen LogP contribution in [0.1, 0.15) is 36.4 Å². The van der Waals surface area contributed by atoms with Crippen molar-refractivity contribution in [3.8, 4) is 0 Å². The Bertz CT molecular complexity index is 415. The number of nitrogens with one attached hydrogen (secondary N) is 1. The summed E-state index contributed by atoms with van der Waals surface area (Å²) in [4.78, 5) is 2.46. The molecular weight excluding hydrogens is 236 g/mol. The van der Waals surface area contributed by atoms with Gasteiger partial charge in [0.15, 0.2) is 0 Å². The van der Waals surface area contributed by atoms with Crippen LogP contribution in [0.25, 0.3) is 0 Å². The van der Waals surface area contributed by atoms with Crippen LogP contribution in [0.3, 0.4) is 0 Å². The molecule has 0 saturated carbocycles. The smallest absolute Gasteiger partial charge is 0.0702 e. The van der Waals surface area contributed by atoms with E-state index in [0.29, 0.717) is 12.1 Å². The molecule has 1 fully saturated rings. The van der Waals surface area contributed by atoms with Gasteiger partial charge in [-0.2, -0.15) is 0 Å². The van der Waals surface area contributed by atoms with E-state index >= 15 is 0 Å². The Morgan fingerprint density at radius 2 is 2.21 bits per heavy atom. The third kappa shape index (κ3) is 2.99. The van der Waals surface area contributed by atoms with Crippen LogP contribution < -0.4 is 5.32 Å². The molecule has 1 saturated heterocycles. The van der Waals surface area contributed by atoms with Gasteiger partial charge in [-0.1, -0.05) is 24.3 Å². The second-order valence-electron chi connectivity index (χ2n) is 5.77. The maximum absolute atomic E-state index is 5.87. The second-order valence-corrected chi connectivity index (χ2v) is 5.77. The Morgan fingerprint density at radius 3 is 3.05 bits per heavy atom. The van der Waals surface area contributed by atoms with Crippen molar-refractivity contribution in [1.82, 2.24) is 10.2 Å². The zero-order valence-corrected chi connectivity index (χ0v) is 11.8. The lowest BCUT2D eigenvalue weighted by Crippen LogP contribution is -2.42. The lowest BCUT2D eigenvalue weighted by molar-refractivity contribution is -0.00884. The molecule has 2 unspecified atom stereocenters. The van der Waals surface area contributed by atoms with Gasteiger partial charge in [-0.15, -0.1) is 0 Å². The van der Waals surface area contributed by atoms with Crippen molar-refractivity contribution in [1.29, 1.82) is 0 Å². The van der Waals surface area contributed by atoms with Crippen molar-refractivity contribution in [3.05, 3.63) is 35.4 Å². The van der Waals surface area contributed by atoms with Gasteiger partial charge in [-0.05, 0) is 37.4 Å². The third-order valence-electron chi connectivity index (χ3n) is 4.36. The number of hydrogen-bond acceptors (Lipinski definition) is 3. The van der Waals surface area contributed by atoms with Gasteiger partial charge in [-0.3, -0.25) is 4.90 Å². The third-order valence-corrected chi connectivity index (χ3v) is 4.36. The fourth-order valence-electron chi connectivity index (χ4n) is 3.27. The quantitative estimate of drug-likeness (QED) is 0.903. The first kappa shape index (κ1) is 13.1. The molecule has 2 heterocycles. The average molecular weight is 260 g/mol. The molecule has 104 valence electrons. The molecule has 3 heteroatoms. The minimum atomic E-state index is 0.424. The molecule has 0 spiro atoms. The topological polar surface area (TPSA) is 24.5 Å². The molecule has 2 aliphatic rings. The highest BCUT2D eigenvalue weighted by molar-refractivity contribution is 5.32. The number of benzene rings is 1. The van der Waals surface area contributed by atoms with E-state index in [-0.39, 0.29) is 0 Å². The van der Waals surface area contributed by atoms with Gasteiger partial charge in [0.25, 0.3) is 0 Å². The maximum Gasteiger partial charge on any atom is 0.0702 e. The van der Waals surface area contributed by atoms with E-state index in [9.17, 15) is 0 Å². The zero-order valence-electron chi connectivity index (χ0n) is 11.8. The Kier molecular flexibility index (Phi) is 4.16. The monoisotopic (exact) mass is 260 g/mol. The molecule has 3 rings (SSSR count). The summed E-state index contributed by atoms with van der Waals surface area (Å²) in [5.74, 6) is 0. The molecule has 3 nitrogen and oxygen atoms in total. The summed E-state index contributed by atoms with van der Waals surface area (Å²) in [5.41, 5.74) is 2.93. The van der Waals surface area contributed by atoms with E-state index in [0.717, 1.165) is 26.2 Å². The summed E-state index contributed by atoms with van der Waals surface area (Å²) >= 11 is 0. The first-order valence-corrected chi connectivity index (χ1v) is 7.45. The van der Waals surface area contributed by atoms with Crippen molar-refractivity contribution >= 4 is 0 Å². The lowest BCUT2D eigenvalue weighted by Gasteiger charge is -2.36. The van der Waals surface area contributed by atoms with Crippen LogP contribution in [0.15, 0.2) is 24.3 Å². The number of rotatable bonds is 3. The van der Waals surface area contributed by atoms with Gasteiger partial charge in [0.2, 0.25) is 0 Å². The van der Waals surface area contributed by atoms with Crippen LogP contribution in [-0.2, 0) is 11.3 Å².